The molecule has 9 heteroatoms. The van der Waals surface area contributed by atoms with Crippen LogP contribution in [0.25, 0.3) is 10.2 Å². The molecule has 5 rings (SSSR count). The molecule has 0 bridgehead atoms. The molecule has 0 radical (unpaired) electrons. The van der Waals surface area contributed by atoms with Gasteiger partial charge in [-0.25, -0.2) is 4.98 Å². The molecule has 2 amide bonds. The van der Waals surface area contributed by atoms with Crippen molar-refractivity contribution in [3.8, 4) is 5.75 Å². The first-order valence-electron chi connectivity index (χ1n) is 12.0. The summed E-state index contributed by atoms with van der Waals surface area (Å²) in [6.07, 6.45) is 3.95. The Kier molecular flexibility index (Phi) is 6.95. The third kappa shape index (κ3) is 5.15. The first kappa shape index (κ1) is 23.7. The summed E-state index contributed by atoms with van der Waals surface area (Å²) in [5, 5.41) is 1.05. The number of carbonyl (C=O) groups excluding carboxylic acids is 2. The van der Waals surface area contributed by atoms with E-state index in [-0.39, 0.29) is 29.4 Å². The monoisotopic (exact) mass is 499 g/mol. The van der Waals surface area contributed by atoms with E-state index in [0.29, 0.717) is 31.7 Å². The third-order valence-corrected chi connectivity index (χ3v) is 8.06. The highest BCUT2D eigenvalue weighted by atomic mass is 32.1. The zero-order chi connectivity index (χ0) is 24.4. The van der Waals surface area contributed by atoms with E-state index in [1.807, 2.05) is 23.1 Å². The lowest BCUT2D eigenvalue weighted by atomic mass is 9.78. The van der Waals surface area contributed by atoms with Crippen LogP contribution in [0.2, 0.25) is 0 Å². The second kappa shape index (κ2) is 10.3. The van der Waals surface area contributed by atoms with Crippen molar-refractivity contribution in [3.05, 3.63) is 59.1 Å². The molecule has 2 unspecified atom stereocenters. The van der Waals surface area contributed by atoms with E-state index in [1.54, 1.807) is 22.3 Å². The predicted octanol–water partition coefficient (Wildman–Crippen LogP) is 5.16. The van der Waals surface area contributed by atoms with Gasteiger partial charge in [-0.3, -0.25) is 9.59 Å². The number of nitrogens with zero attached hydrogens (tertiary/aromatic N) is 3. The average Bonchev–Trinajstić information content (AvgIpc) is 3.32. The molecular weight excluding hydrogens is 472 g/mol. The molecule has 2 atom stereocenters. The average molecular weight is 500 g/mol. The van der Waals surface area contributed by atoms with E-state index in [2.05, 4.69) is 10.8 Å². The van der Waals surface area contributed by atoms with Crippen LogP contribution in [0.1, 0.15) is 47.0 Å². The van der Waals surface area contributed by atoms with Crippen molar-refractivity contribution in [2.24, 2.45) is 5.92 Å². The van der Waals surface area contributed by atoms with Crippen molar-refractivity contribution >= 4 is 33.4 Å². The zero-order valence-corrected chi connectivity index (χ0v) is 20.1. The molecule has 1 aliphatic heterocycles. The maximum atomic E-state index is 13.6. The van der Waals surface area contributed by atoms with E-state index in [0.717, 1.165) is 40.9 Å². The molecule has 2 aromatic carbocycles. The summed E-state index contributed by atoms with van der Waals surface area (Å²) in [5.41, 5.74) is 1.28. The number of halogens is 2. The van der Waals surface area contributed by atoms with Crippen LogP contribution < -0.4 is 4.74 Å². The minimum absolute atomic E-state index is 0.0437. The van der Waals surface area contributed by atoms with Crippen LogP contribution in [0.3, 0.4) is 0 Å². The summed E-state index contributed by atoms with van der Waals surface area (Å²) < 4.78 is 30.6. The van der Waals surface area contributed by atoms with Gasteiger partial charge in [-0.15, -0.1) is 11.3 Å². The predicted molar refractivity (Wildman–Crippen MR) is 130 cm³/mol. The molecule has 0 N–H and O–H groups in total. The minimum atomic E-state index is -2.94. The summed E-state index contributed by atoms with van der Waals surface area (Å²) in [7, 11) is 0. The van der Waals surface area contributed by atoms with Crippen molar-refractivity contribution < 1.29 is 23.1 Å². The fourth-order valence-corrected chi connectivity index (χ4v) is 6.29. The highest BCUT2D eigenvalue weighted by Gasteiger charge is 2.37. The van der Waals surface area contributed by atoms with Crippen LogP contribution in [0, 0.1) is 5.92 Å². The Bertz CT molecular complexity index is 1180. The lowest BCUT2D eigenvalue weighted by molar-refractivity contribution is -0.138. The quantitative estimate of drug-likeness (QED) is 0.487. The van der Waals surface area contributed by atoms with Crippen molar-refractivity contribution in [3.63, 3.8) is 0 Å². The first-order valence-corrected chi connectivity index (χ1v) is 12.8. The fourth-order valence-electron chi connectivity index (χ4n) is 5.12. The number of alkyl halides is 2. The van der Waals surface area contributed by atoms with Crippen LogP contribution in [0.4, 0.5) is 8.78 Å². The largest absolute Gasteiger partial charge is 0.435 e. The second-order valence-electron chi connectivity index (χ2n) is 9.04. The number of ether oxygens (including phenoxy) is 1. The van der Waals surface area contributed by atoms with Gasteiger partial charge >= 0.3 is 6.61 Å². The Labute approximate surface area is 206 Å². The minimum Gasteiger partial charge on any atom is -0.435 e. The van der Waals surface area contributed by atoms with Gasteiger partial charge in [0.1, 0.15) is 5.75 Å². The topological polar surface area (TPSA) is 62.7 Å². The summed E-state index contributed by atoms with van der Waals surface area (Å²) in [6.45, 7) is -1.21. The molecule has 6 nitrogen and oxygen atoms in total. The molecular formula is C26H27F2N3O3S. The van der Waals surface area contributed by atoms with Gasteiger partial charge in [0.2, 0.25) is 5.91 Å². The number of hydrogen-bond acceptors (Lipinski definition) is 5. The molecule has 1 aliphatic carbocycles. The van der Waals surface area contributed by atoms with E-state index >= 15 is 0 Å². The molecule has 3 aromatic rings. The van der Waals surface area contributed by atoms with Crippen molar-refractivity contribution in [1.29, 1.82) is 0 Å². The molecule has 1 saturated carbocycles. The van der Waals surface area contributed by atoms with E-state index in [4.69, 9.17) is 4.98 Å². The smallest absolute Gasteiger partial charge is 0.387 e. The van der Waals surface area contributed by atoms with Gasteiger partial charge in [-0.1, -0.05) is 31.0 Å². The second-order valence-corrected chi connectivity index (χ2v) is 10.1. The number of hydrogen-bond donors (Lipinski definition) is 0. The number of rotatable bonds is 5. The lowest BCUT2D eigenvalue weighted by Crippen LogP contribution is -2.52. The molecule has 35 heavy (non-hydrogen) atoms. The Balaban J connectivity index is 1.24. The fraction of sp³-hybridized carbons (Fsp3) is 0.423. The Hall–Kier alpha value is -3.07. The van der Waals surface area contributed by atoms with Gasteiger partial charge in [0.05, 0.1) is 15.2 Å². The zero-order valence-electron chi connectivity index (χ0n) is 19.2. The Morgan fingerprint density at radius 1 is 0.971 bits per heavy atom. The molecule has 2 aliphatic rings. The van der Waals surface area contributed by atoms with Gasteiger partial charge in [-0.2, -0.15) is 8.78 Å². The van der Waals surface area contributed by atoms with Crippen molar-refractivity contribution in [1.82, 2.24) is 14.8 Å². The number of fused-ring (bicyclic) bond motifs is 1. The lowest BCUT2D eigenvalue weighted by Gasteiger charge is -2.39. The molecule has 184 valence electrons. The number of benzene rings is 2. The standard InChI is InChI=1S/C26H27F2N3O3S/c27-26(28)34-18-7-5-6-17(16-18)24(32)30-12-14-31(15-13-30)25(33)20-9-2-1-8-19(20)23-29-21-10-3-4-11-22(21)35-23/h3-7,10-11,16,19-20,26H,1-2,8-9,12-15H2. The molecule has 2 heterocycles. The van der Waals surface area contributed by atoms with Crippen LogP contribution in [-0.4, -0.2) is 59.4 Å². The van der Waals surface area contributed by atoms with Gasteiger partial charge in [0.15, 0.2) is 0 Å². The summed E-state index contributed by atoms with van der Waals surface area (Å²) in [6, 6.07) is 13.9. The summed E-state index contributed by atoms with van der Waals surface area (Å²) in [5.74, 6) is -0.103. The highest BCUT2D eigenvalue weighted by Crippen LogP contribution is 2.41. The third-order valence-electron chi connectivity index (χ3n) is 6.90. The van der Waals surface area contributed by atoms with Gasteiger partial charge in [0, 0.05) is 43.6 Å². The number of aromatic nitrogens is 1. The van der Waals surface area contributed by atoms with Crippen LogP contribution in [-0.2, 0) is 4.79 Å². The van der Waals surface area contributed by atoms with E-state index in [1.165, 1.54) is 18.2 Å². The first-order chi connectivity index (χ1) is 17.0. The Morgan fingerprint density at radius 3 is 2.49 bits per heavy atom. The highest BCUT2D eigenvalue weighted by molar-refractivity contribution is 7.18. The maximum Gasteiger partial charge on any atom is 0.387 e. The van der Waals surface area contributed by atoms with Crippen LogP contribution in [0.5, 0.6) is 5.75 Å². The number of amides is 2. The maximum absolute atomic E-state index is 13.6. The van der Waals surface area contributed by atoms with Gasteiger partial charge < -0.3 is 14.5 Å². The Morgan fingerprint density at radius 2 is 1.71 bits per heavy atom. The molecule has 2 fully saturated rings. The van der Waals surface area contributed by atoms with Crippen molar-refractivity contribution in [2.45, 2.75) is 38.2 Å². The summed E-state index contributed by atoms with van der Waals surface area (Å²) in [4.78, 5) is 34.8. The number of piperazine rings is 1. The number of thiazole rings is 1. The van der Waals surface area contributed by atoms with Crippen LogP contribution in [0.15, 0.2) is 48.5 Å². The number of para-hydroxylation sites is 1. The molecule has 1 aromatic heterocycles. The normalized spacial score (nSPS) is 20.9. The van der Waals surface area contributed by atoms with Crippen LogP contribution >= 0.6 is 11.3 Å². The molecule has 1 saturated heterocycles. The SMILES string of the molecule is O=C(c1cccc(OC(F)F)c1)N1CCN(C(=O)C2CCCCC2c2nc3ccccc3s2)CC1. The van der Waals surface area contributed by atoms with Gasteiger partial charge in [0.25, 0.3) is 5.91 Å². The molecule has 0 spiro atoms. The van der Waals surface area contributed by atoms with E-state index < -0.39 is 6.61 Å². The number of carbonyl (C=O) groups is 2. The van der Waals surface area contributed by atoms with Gasteiger partial charge in [-0.05, 0) is 43.2 Å². The van der Waals surface area contributed by atoms with Crippen molar-refractivity contribution in [2.75, 3.05) is 26.2 Å². The summed E-state index contributed by atoms with van der Waals surface area (Å²) >= 11 is 1.69. The van der Waals surface area contributed by atoms with E-state index in [9.17, 15) is 18.4 Å².